The minimum absolute atomic E-state index is 0.0624. The van der Waals surface area contributed by atoms with Crippen molar-refractivity contribution in [3.63, 3.8) is 0 Å². The number of ether oxygens (including phenoxy) is 11. The van der Waals surface area contributed by atoms with Crippen molar-refractivity contribution in [2.45, 2.75) is 165 Å². The van der Waals surface area contributed by atoms with E-state index in [0.717, 1.165) is 0 Å². The average Bonchev–Trinajstić information content (AvgIpc) is 2.95. The van der Waals surface area contributed by atoms with Crippen molar-refractivity contribution in [1.82, 2.24) is 0 Å². The summed E-state index contributed by atoms with van der Waals surface area (Å²) in [6, 6.07) is 0. The zero-order valence-electron chi connectivity index (χ0n) is 27.2. The zero-order chi connectivity index (χ0) is 32.3. The normalized spacial score (nSPS) is 48.6. The lowest BCUT2D eigenvalue weighted by Gasteiger charge is -2.47. The molecule has 4 heterocycles. The second-order valence-electron chi connectivity index (χ2n) is 12.3. The molecule has 4 rings (SSSR count). The largest absolute Gasteiger partial charge is 0.454 e. The van der Waals surface area contributed by atoms with Crippen LogP contribution in [0.2, 0.25) is 0 Å². The van der Waals surface area contributed by atoms with Crippen LogP contribution in [0.4, 0.5) is 0 Å². The highest BCUT2D eigenvalue weighted by atomic mass is 16.8. The predicted molar refractivity (Wildman–Crippen MR) is 151 cm³/mol. The van der Waals surface area contributed by atoms with Gasteiger partial charge in [0.25, 0.3) is 0 Å². The van der Waals surface area contributed by atoms with Gasteiger partial charge in [0.1, 0.15) is 30.5 Å². The number of rotatable bonds is 10. The van der Waals surface area contributed by atoms with Gasteiger partial charge in [0, 0.05) is 47.5 Å². The summed E-state index contributed by atoms with van der Waals surface area (Å²) in [5.74, 6) is -0.564. The molecule has 0 aromatic rings. The molecule has 0 radical (unpaired) electrons. The second kappa shape index (κ2) is 15.7. The Hall–Kier alpha value is -1.01. The highest BCUT2D eigenvalue weighted by Crippen LogP contribution is 2.35. The van der Waals surface area contributed by atoms with E-state index >= 15 is 0 Å². The maximum absolute atomic E-state index is 11.9. The van der Waals surface area contributed by atoms with Crippen LogP contribution in [0.3, 0.4) is 0 Å². The van der Waals surface area contributed by atoms with Crippen molar-refractivity contribution < 1.29 is 67.1 Å². The Bertz CT molecular complexity index is 897. The van der Waals surface area contributed by atoms with Gasteiger partial charge in [-0.05, 0) is 34.6 Å². The third kappa shape index (κ3) is 8.28. The first kappa shape index (κ1) is 35.8. The first-order valence-corrected chi connectivity index (χ1v) is 15.6. The highest BCUT2D eigenvalue weighted by molar-refractivity contribution is 5.66. The minimum Gasteiger partial charge on any atom is -0.454 e. The highest BCUT2D eigenvalue weighted by Gasteiger charge is 2.51. The van der Waals surface area contributed by atoms with E-state index < -0.39 is 85.9 Å². The van der Waals surface area contributed by atoms with E-state index in [1.165, 1.54) is 14.0 Å². The first-order chi connectivity index (χ1) is 20.9. The standard InChI is InChI=1S/C30H52O14/c1-13-10-20(34-7)26(16(4)37-13)43-22-11-19(32)25(15(3)38-22)42-23-12-21(35-8)27(17(5)39-23)44-30-29(41-18(6)31)28(36-9)24(33)14(2)40-30/h13-17,19-30,32-33H,10-12H2,1-9H3/t13-,14+,15+,16+,17+,19+,20-,21-,22-,23-,24-,25+,26+,27+,28-,29+,30-/m0/s1. The lowest BCUT2D eigenvalue weighted by Crippen LogP contribution is -2.62. The van der Waals surface area contributed by atoms with E-state index in [4.69, 9.17) is 52.1 Å². The molecule has 44 heavy (non-hydrogen) atoms. The van der Waals surface area contributed by atoms with Gasteiger partial charge in [-0.3, -0.25) is 4.79 Å². The molecule has 17 atom stereocenters. The molecule has 0 aromatic carbocycles. The summed E-state index contributed by atoms with van der Waals surface area (Å²) in [7, 11) is 4.63. The monoisotopic (exact) mass is 636 g/mol. The number of hydrogen-bond acceptors (Lipinski definition) is 14. The van der Waals surface area contributed by atoms with Crippen molar-refractivity contribution in [3.8, 4) is 0 Å². The smallest absolute Gasteiger partial charge is 0.303 e. The number of carbonyl (C=O) groups is 1. The van der Waals surface area contributed by atoms with Crippen LogP contribution in [0.25, 0.3) is 0 Å². The molecule has 4 fully saturated rings. The van der Waals surface area contributed by atoms with Crippen LogP contribution in [0, 0.1) is 0 Å². The van der Waals surface area contributed by atoms with Crippen molar-refractivity contribution in [3.05, 3.63) is 0 Å². The van der Waals surface area contributed by atoms with Crippen LogP contribution in [0.5, 0.6) is 0 Å². The SMILES string of the molecule is CO[C@H]1[C@@H](O)[C@@H](C)O[C@@H](O[C@H]2[C@@H](OC)C[C@H](O[C@H]3[C@H](O)C[C@H](O[C@H]4[C@@H](OC)C[C@H](C)O[C@@H]4C)O[C@@H]3C)O[C@@H]2C)[C@@H]1OC(C)=O. The number of esters is 1. The van der Waals surface area contributed by atoms with E-state index in [0.29, 0.717) is 6.42 Å². The lowest BCUT2D eigenvalue weighted by molar-refractivity contribution is -0.353. The van der Waals surface area contributed by atoms with Gasteiger partial charge in [-0.1, -0.05) is 0 Å². The quantitative estimate of drug-likeness (QED) is 0.328. The van der Waals surface area contributed by atoms with Gasteiger partial charge in [0.15, 0.2) is 25.0 Å². The Morgan fingerprint density at radius 3 is 1.75 bits per heavy atom. The van der Waals surface area contributed by atoms with Gasteiger partial charge >= 0.3 is 5.97 Å². The summed E-state index contributed by atoms with van der Waals surface area (Å²) in [6.45, 7) is 10.5. The molecule has 2 N–H and O–H groups in total. The molecule has 0 unspecified atom stereocenters. The molecule has 256 valence electrons. The van der Waals surface area contributed by atoms with Gasteiger partial charge in [0.2, 0.25) is 0 Å². The van der Waals surface area contributed by atoms with Gasteiger partial charge < -0.3 is 62.3 Å². The second-order valence-corrected chi connectivity index (χ2v) is 12.3. The number of carbonyl (C=O) groups excluding carboxylic acids is 1. The molecular weight excluding hydrogens is 584 g/mol. The predicted octanol–water partition coefficient (Wildman–Crippen LogP) is 1.05. The number of aliphatic hydroxyl groups excluding tert-OH is 2. The Kier molecular flexibility index (Phi) is 12.8. The molecular formula is C30H52O14. The molecule has 4 aliphatic heterocycles. The number of aliphatic hydroxyl groups is 2. The van der Waals surface area contributed by atoms with Crippen molar-refractivity contribution in [2.24, 2.45) is 0 Å². The van der Waals surface area contributed by atoms with Crippen molar-refractivity contribution in [1.29, 1.82) is 0 Å². The molecule has 0 bridgehead atoms. The lowest BCUT2D eigenvalue weighted by atomic mass is 9.97. The minimum atomic E-state index is -1.04. The van der Waals surface area contributed by atoms with E-state index in [1.807, 2.05) is 27.7 Å². The first-order valence-electron chi connectivity index (χ1n) is 15.6. The van der Waals surface area contributed by atoms with E-state index in [2.05, 4.69) is 0 Å². The van der Waals surface area contributed by atoms with Gasteiger partial charge in [-0.15, -0.1) is 0 Å². The Labute approximate surface area is 259 Å². The van der Waals surface area contributed by atoms with Crippen LogP contribution in [0.1, 0.15) is 60.8 Å². The summed E-state index contributed by atoms with van der Waals surface area (Å²) >= 11 is 0. The van der Waals surface area contributed by atoms with Crippen LogP contribution in [-0.2, 0) is 56.9 Å². The van der Waals surface area contributed by atoms with Gasteiger partial charge in [0.05, 0.1) is 48.8 Å². The third-order valence-electron chi connectivity index (χ3n) is 8.95. The summed E-state index contributed by atoms with van der Waals surface area (Å²) in [5, 5.41) is 21.7. The van der Waals surface area contributed by atoms with E-state index in [1.54, 1.807) is 21.1 Å². The van der Waals surface area contributed by atoms with Crippen LogP contribution >= 0.6 is 0 Å². The maximum atomic E-state index is 11.9. The summed E-state index contributed by atoms with van der Waals surface area (Å²) in [5.41, 5.74) is 0. The van der Waals surface area contributed by atoms with Gasteiger partial charge in [-0.2, -0.15) is 0 Å². The summed E-state index contributed by atoms with van der Waals surface area (Å²) < 4.78 is 65.3. The Morgan fingerprint density at radius 1 is 0.614 bits per heavy atom. The zero-order valence-corrected chi connectivity index (χ0v) is 27.2. The molecule has 14 nitrogen and oxygen atoms in total. The average molecular weight is 637 g/mol. The number of hydrogen-bond donors (Lipinski definition) is 2. The van der Waals surface area contributed by atoms with Crippen molar-refractivity contribution in [2.75, 3.05) is 21.3 Å². The van der Waals surface area contributed by atoms with Crippen LogP contribution < -0.4 is 0 Å². The maximum Gasteiger partial charge on any atom is 0.303 e. The molecule has 0 aliphatic carbocycles. The van der Waals surface area contributed by atoms with Crippen molar-refractivity contribution >= 4 is 5.97 Å². The van der Waals surface area contributed by atoms with Gasteiger partial charge in [-0.25, -0.2) is 0 Å². The van der Waals surface area contributed by atoms with E-state index in [9.17, 15) is 15.0 Å². The fourth-order valence-electron chi connectivity index (χ4n) is 6.70. The Balaban J connectivity index is 1.36. The van der Waals surface area contributed by atoms with E-state index in [-0.39, 0.29) is 37.3 Å². The fraction of sp³-hybridized carbons (Fsp3) is 0.967. The molecule has 0 amide bonds. The molecule has 4 saturated heterocycles. The topological polar surface area (TPSA) is 159 Å². The third-order valence-corrected chi connectivity index (χ3v) is 8.95. The molecule has 14 heteroatoms. The number of methoxy groups -OCH3 is 3. The molecule has 4 aliphatic rings. The fourth-order valence-corrected chi connectivity index (χ4v) is 6.70. The molecule has 0 aromatic heterocycles. The summed E-state index contributed by atoms with van der Waals surface area (Å²) in [4.78, 5) is 11.9. The summed E-state index contributed by atoms with van der Waals surface area (Å²) in [6.07, 6.45) is -9.14. The Morgan fingerprint density at radius 2 is 1.16 bits per heavy atom. The van der Waals surface area contributed by atoms with Crippen LogP contribution in [-0.4, -0.2) is 142 Å². The molecule has 0 saturated carbocycles. The molecule has 0 spiro atoms. The van der Waals surface area contributed by atoms with Crippen LogP contribution in [0.15, 0.2) is 0 Å².